The van der Waals surface area contributed by atoms with Crippen molar-refractivity contribution in [2.45, 2.75) is 304 Å². The topological polar surface area (TPSA) is 750 Å². The van der Waals surface area contributed by atoms with Gasteiger partial charge >= 0.3 is 0 Å². The molecule has 0 saturated carbocycles. The van der Waals surface area contributed by atoms with Crippen LogP contribution < -0.4 is 16.0 Å². The van der Waals surface area contributed by atoms with Crippen molar-refractivity contribution < 1.29 is 223 Å². The van der Waals surface area contributed by atoms with Gasteiger partial charge in [0.05, 0.1) is 59.0 Å². The molecule has 3 amide bonds. The molecule has 48 nitrogen and oxygen atoms in total. The number of rotatable bonds is 27. The van der Waals surface area contributed by atoms with Crippen molar-refractivity contribution in [2.24, 2.45) is 0 Å². The number of aliphatic hydroxyl groups excluding tert-OH is 25. The van der Waals surface area contributed by atoms with Crippen molar-refractivity contribution in [3.8, 4) is 0 Å². The normalized spacial score (nSPS) is 50.4. The van der Waals surface area contributed by atoms with Gasteiger partial charge in [-0.1, -0.05) is 0 Å². The number of hydrogen-bond donors (Lipinski definition) is 28. The molecule has 0 bridgehead atoms. The number of ether oxygens (including phenoxy) is 17. The maximum atomic E-state index is 13.1. The molecule has 0 spiro atoms. The van der Waals surface area contributed by atoms with Gasteiger partial charge < -0.3 is 224 Å². The second kappa shape index (κ2) is 38.5. The minimum absolute atomic E-state index is 0.823. The molecule has 0 aromatic carbocycles. The number of aliphatic hydroxyl groups is 25. The predicted octanol–water partition coefficient (Wildman–Crippen LogP) is -19.2. The van der Waals surface area contributed by atoms with Gasteiger partial charge in [0.25, 0.3) is 0 Å². The summed E-state index contributed by atoms with van der Waals surface area (Å²) in [7, 11) is 0. The Morgan fingerprint density at radius 3 is 1.02 bits per heavy atom. The fourth-order valence-electron chi connectivity index (χ4n) is 13.9. The zero-order chi connectivity index (χ0) is 79.5. The molecule has 28 N–H and O–H groups in total. The van der Waals surface area contributed by atoms with Crippen LogP contribution in [0.5, 0.6) is 0 Å². The first-order valence-electron chi connectivity index (χ1n) is 34.5. The Morgan fingerprint density at radius 2 is 0.556 bits per heavy atom. The van der Waals surface area contributed by atoms with Gasteiger partial charge in [-0.2, -0.15) is 0 Å². The smallest absolute Gasteiger partial charge is 0.217 e. The van der Waals surface area contributed by atoms with Crippen LogP contribution in [0, 0.1) is 0 Å². The van der Waals surface area contributed by atoms with Crippen LogP contribution in [-0.4, -0.2) is 474 Å². The molecule has 0 aliphatic carbocycles. The Morgan fingerprint density at radius 1 is 0.259 bits per heavy atom. The molecule has 9 heterocycles. The third kappa shape index (κ3) is 19.3. The Labute approximate surface area is 611 Å². The van der Waals surface area contributed by atoms with Gasteiger partial charge in [-0.25, -0.2) is 0 Å². The van der Waals surface area contributed by atoms with Crippen LogP contribution in [0.4, 0.5) is 0 Å². The third-order valence-electron chi connectivity index (χ3n) is 19.9. The van der Waals surface area contributed by atoms with E-state index in [0.717, 1.165) is 20.8 Å². The Balaban J connectivity index is 1.03. The van der Waals surface area contributed by atoms with Gasteiger partial charge in [-0.15, -0.1) is 0 Å². The van der Waals surface area contributed by atoms with E-state index in [9.17, 15) is 142 Å². The van der Waals surface area contributed by atoms with E-state index in [-0.39, 0.29) is 0 Å². The quantitative estimate of drug-likeness (QED) is 0.0363. The number of amides is 3. The molecule has 0 aromatic rings. The first-order chi connectivity index (χ1) is 51.0. The lowest BCUT2D eigenvalue weighted by Gasteiger charge is -2.51. The van der Waals surface area contributed by atoms with Crippen LogP contribution in [0.1, 0.15) is 27.7 Å². The molecule has 45 atom stereocenters. The van der Waals surface area contributed by atoms with E-state index in [4.69, 9.17) is 80.5 Å². The minimum atomic E-state index is -2.55. The minimum Gasteiger partial charge on any atom is -0.394 e. The molecule has 48 heteroatoms. The fourth-order valence-corrected chi connectivity index (χ4v) is 13.9. The number of nitrogens with one attached hydrogen (secondary N) is 3. The summed E-state index contributed by atoms with van der Waals surface area (Å²) in [6, 6.07) is -5.63. The largest absolute Gasteiger partial charge is 0.394 e. The highest BCUT2D eigenvalue weighted by Gasteiger charge is 2.60. The van der Waals surface area contributed by atoms with Crippen molar-refractivity contribution in [2.75, 3.05) is 52.9 Å². The van der Waals surface area contributed by atoms with Gasteiger partial charge in [-0.3, -0.25) is 14.4 Å². The van der Waals surface area contributed by atoms with E-state index >= 15 is 0 Å². The lowest BCUT2D eigenvalue weighted by Crippen LogP contribution is -2.71. The van der Waals surface area contributed by atoms with E-state index in [1.54, 1.807) is 0 Å². The monoisotopic (exact) mass is 1580 g/mol. The predicted molar refractivity (Wildman–Crippen MR) is 330 cm³/mol. The van der Waals surface area contributed by atoms with Gasteiger partial charge in [0.15, 0.2) is 56.6 Å². The second-order valence-electron chi connectivity index (χ2n) is 27.5. The van der Waals surface area contributed by atoms with Crippen LogP contribution >= 0.6 is 0 Å². The van der Waals surface area contributed by atoms with E-state index < -0.39 is 347 Å². The fraction of sp³-hybridized carbons (Fsp3) is 0.950. The van der Waals surface area contributed by atoms with E-state index in [1.807, 2.05) is 0 Å². The summed E-state index contributed by atoms with van der Waals surface area (Å²) < 4.78 is 99.6. The molecule has 9 rings (SSSR count). The lowest BCUT2D eigenvalue weighted by atomic mass is 9.93. The van der Waals surface area contributed by atoms with Crippen LogP contribution in [-0.2, 0) is 94.9 Å². The first-order valence-corrected chi connectivity index (χ1v) is 34.5. The lowest BCUT2D eigenvalue weighted by molar-refractivity contribution is -0.398. The number of carbonyl (C=O) groups excluding carboxylic acids is 3. The average molecular weight is 1580 g/mol. The van der Waals surface area contributed by atoms with E-state index in [1.165, 1.54) is 6.92 Å². The van der Waals surface area contributed by atoms with Crippen LogP contribution in [0.2, 0.25) is 0 Å². The highest BCUT2D eigenvalue weighted by atomic mass is 16.8. The molecule has 0 radical (unpaired) electrons. The molecule has 0 unspecified atom stereocenters. The molecule has 0 aromatic heterocycles. The van der Waals surface area contributed by atoms with Gasteiger partial charge in [0, 0.05) is 20.8 Å². The number of carbonyl (C=O) groups is 3. The van der Waals surface area contributed by atoms with Crippen molar-refractivity contribution >= 4 is 17.7 Å². The third-order valence-corrected chi connectivity index (χ3v) is 19.9. The standard InChI is InChI=1S/C60H101N3O45/c1-13-28(73)37(82)41(86)55(94-13)93-12-24-48(34(79)25(52(91)95-24)61-14(2)70)103-53-26(62-15(3)71)35(80)47(22(10-69)100-53)105-59-45(90)50(33(78)23(102-59)11-92-56-44(89)49(32(77)20(8-67)96-56)106-58-43(88)39(84)30(75)18(6-65)98-58)107-60-51(40(85)31(76)19(7-66)99-60)108-54-27(63-16(4)72)36(81)46(21(9-68)101-54)104-57-42(87)38(83)29(74)17(5-64)97-57/h13,17-60,64-69,73-91H,5-12H2,1-4H3,(H,61,70)(H,62,71)(H,63,72)/t13-,17-,18-,19-,20-,21-,22-,23-,24-,25-,26-,27-,28+,29+,30-,31-,32-,33-,34-,35-,36-,37+,38+,39+,40+,41-,42-,43+,44+,45+,46-,47-,48-,49+,50+,51+,52-,53-,54+,55+,56+,57+,58-,59+,60-/m1/s1. The van der Waals surface area contributed by atoms with Gasteiger partial charge in [-0.05, 0) is 6.92 Å². The zero-order valence-corrected chi connectivity index (χ0v) is 58.0. The maximum absolute atomic E-state index is 13.1. The SMILES string of the molecule is CC(=O)N[C@@H]1[C@@H](O)[C@H](O[C@H]2O[C@H](CO)[C@@H](O[C@@H]3O[C@H](CO[C@H]4O[C@H](CO)[C@@H](O)[C@H](O[C@H]5O[C@H](CO)[C@@H](O)[C@H](O)[C@@H]5O)[C@@H]4O)[C@@H](O)[C@H](O[C@H]4O[C@H](CO)[C@@H](O)[C@H](O)[C@@H]4O[C@@H]4O[C@H](CO)[C@@H](O[C@@H]5O[C@H](CO)[C@H](O)[C@H](O)[C@H]5O)[C@H](O)[C@H]4NC(C)=O)[C@@H]3O)[C@H](O)[C@H]2NC(C)=O)[C@@H](CO[C@H]2O[C@H](C)[C@H](O)[C@H](O)[C@H]2O)O[C@H]1O. The molecule has 108 heavy (non-hydrogen) atoms. The summed E-state index contributed by atoms with van der Waals surface area (Å²) in [5, 5.41) is 283. The summed E-state index contributed by atoms with van der Waals surface area (Å²) in [4.78, 5) is 38.4. The molecular weight excluding hydrogens is 1480 g/mol. The van der Waals surface area contributed by atoms with Crippen molar-refractivity contribution in [3.05, 3.63) is 0 Å². The van der Waals surface area contributed by atoms with Crippen LogP contribution in [0.15, 0.2) is 0 Å². The second-order valence-corrected chi connectivity index (χ2v) is 27.5. The summed E-state index contributed by atoms with van der Waals surface area (Å²) >= 11 is 0. The molecular formula is C60H101N3O45. The van der Waals surface area contributed by atoms with E-state index in [2.05, 4.69) is 16.0 Å². The molecule has 9 aliphatic heterocycles. The summed E-state index contributed by atoms with van der Waals surface area (Å²) in [5.74, 6) is -2.73. The van der Waals surface area contributed by atoms with Crippen molar-refractivity contribution in [1.29, 1.82) is 0 Å². The van der Waals surface area contributed by atoms with Crippen LogP contribution in [0.3, 0.4) is 0 Å². The summed E-state index contributed by atoms with van der Waals surface area (Å²) in [6.45, 7) is -4.26. The Hall–Kier alpha value is -3.27. The van der Waals surface area contributed by atoms with Gasteiger partial charge in [0.2, 0.25) is 17.7 Å². The molecule has 626 valence electrons. The first kappa shape index (κ1) is 88.7. The van der Waals surface area contributed by atoms with Crippen molar-refractivity contribution in [1.82, 2.24) is 16.0 Å². The Kier molecular flexibility index (Phi) is 31.6. The highest BCUT2D eigenvalue weighted by Crippen LogP contribution is 2.39. The number of hydrogen-bond acceptors (Lipinski definition) is 45. The van der Waals surface area contributed by atoms with Crippen molar-refractivity contribution in [3.63, 3.8) is 0 Å². The summed E-state index contributed by atoms with van der Waals surface area (Å²) in [6.07, 6.45) is -85.2. The van der Waals surface area contributed by atoms with Crippen LogP contribution in [0.25, 0.3) is 0 Å². The molecule has 9 aliphatic rings. The molecule has 9 saturated heterocycles. The summed E-state index contributed by atoms with van der Waals surface area (Å²) in [5.41, 5.74) is 0. The Bertz CT molecular complexity index is 2820. The van der Waals surface area contributed by atoms with E-state index in [0.29, 0.717) is 0 Å². The zero-order valence-electron chi connectivity index (χ0n) is 58.0. The maximum Gasteiger partial charge on any atom is 0.217 e. The average Bonchev–Trinajstić information content (AvgIpc) is 0.768. The van der Waals surface area contributed by atoms with Gasteiger partial charge in [0.1, 0.15) is 213 Å². The molecule has 9 fully saturated rings. The highest BCUT2D eigenvalue weighted by molar-refractivity contribution is 5.74.